The lowest BCUT2D eigenvalue weighted by molar-refractivity contribution is -0.164. The number of aliphatic hydroxyl groups is 1. The van der Waals surface area contributed by atoms with E-state index in [9.17, 15) is 14.7 Å². The molecule has 0 aliphatic heterocycles. The quantitative estimate of drug-likeness (QED) is 0.814. The van der Waals surface area contributed by atoms with Gasteiger partial charge in [0.2, 0.25) is 0 Å². The highest BCUT2D eigenvalue weighted by molar-refractivity contribution is 6.00. The molecule has 3 saturated carbocycles. The fourth-order valence-corrected chi connectivity index (χ4v) is 4.74. The van der Waals surface area contributed by atoms with E-state index in [1.165, 1.54) is 0 Å². The molecule has 0 heterocycles. The summed E-state index contributed by atoms with van der Waals surface area (Å²) in [6.07, 6.45) is 3.69. The van der Waals surface area contributed by atoms with Gasteiger partial charge >= 0.3 is 0 Å². The van der Waals surface area contributed by atoms with E-state index in [-0.39, 0.29) is 29.5 Å². The van der Waals surface area contributed by atoms with Gasteiger partial charge in [-0.05, 0) is 19.3 Å². The average molecular weight is 309 g/mol. The van der Waals surface area contributed by atoms with Gasteiger partial charge in [-0.25, -0.2) is 0 Å². The lowest BCUT2D eigenvalue weighted by Crippen LogP contribution is -2.64. The standard InChI is InChI=1S/C17H27NO4/c1-2-7-22-12-8-11(19)13-14(15(12)18)17(21)10-6-4-3-5-9(10)16(13)20/h9-15,19H,2-8,18H2,1H3. The van der Waals surface area contributed by atoms with Crippen LogP contribution < -0.4 is 5.73 Å². The minimum absolute atomic E-state index is 0.0752. The summed E-state index contributed by atoms with van der Waals surface area (Å²) in [5.74, 6) is -1.35. The molecule has 0 saturated heterocycles. The summed E-state index contributed by atoms with van der Waals surface area (Å²) >= 11 is 0. The first-order valence-electron chi connectivity index (χ1n) is 8.69. The molecule has 7 unspecified atom stereocenters. The Balaban J connectivity index is 1.86. The molecule has 0 spiro atoms. The molecule has 5 heteroatoms. The summed E-state index contributed by atoms with van der Waals surface area (Å²) in [4.78, 5) is 25.7. The molecule has 22 heavy (non-hydrogen) atoms. The Morgan fingerprint density at radius 3 is 2.32 bits per heavy atom. The first kappa shape index (κ1) is 16.1. The van der Waals surface area contributed by atoms with E-state index in [4.69, 9.17) is 10.5 Å². The smallest absolute Gasteiger partial charge is 0.143 e. The zero-order valence-corrected chi connectivity index (χ0v) is 13.2. The van der Waals surface area contributed by atoms with E-state index in [2.05, 4.69) is 0 Å². The van der Waals surface area contributed by atoms with Crippen LogP contribution in [-0.2, 0) is 14.3 Å². The topological polar surface area (TPSA) is 89.6 Å². The van der Waals surface area contributed by atoms with Crippen LogP contribution in [0.5, 0.6) is 0 Å². The number of nitrogens with two attached hydrogens (primary N) is 1. The van der Waals surface area contributed by atoms with Crippen LogP contribution in [0.4, 0.5) is 0 Å². The third-order valence-corrected chi connectivity index (χ3v) is 5.81. The second kappa shape index (κ2) is 6.38. The fraction of sp³-hybridized carbons (Fsp3) is 0.882. The highest BCUT2D eigenvalue weighted by atomic mass is 16.5. The van der Waals surface area contributed by atoms with Crippen LogP contribution in [0.25, 0.3) is 0 Å². The maximum absolute atomic E-state index is 12.9. The average Bonchev–Trinajstić information content (AvgIpc) is 2.53. The van der Waals surface area contributed by atoms with Crippen molar-refractivity contribution in [2.75, 3.05) is 6.61 Å². The maximum atomic E-state index is 12.9. The van der Waals surface area contributed by atoms with Crippen molar-refractivity contribution in [3.8, 4) is 0 Å². The van der Waals surface area contributed by atoms with Crippen LogP contribution in [-0.4, -0.2) is 41.5 Å². The predicted octanol–water partition coefficient (Wildman–Crippen LogP) is 1.06. The molecule has 3 rings (SSSR count). The van der Waals surface area contributed by atoms with Gasteiger partial charge in [0, 0.05) is 36.8 Å². The van der Waals surface area contributed by atoms with Crippen molar-refractivity contribution in [1.82, 2.24) is 0 Å². The van der Waals surface area contributed by atoms with Crippen LogP contribution in [0.3, 0.4) is 0 Å². The van der Waals surface area contributed by atoms with Gasteiger partial charge in [0.15, 0.2) is 0 Å². The molecule has 7 atom stereocenters. The number of Topliss-reactive ketones (excluding diaryl/α,β-unsaturated/α-hetero) is 2. The monoisotopic (exact) mass is 309 g/mol. The van der Waals surface area contributed by atoms with Crippen LogP contribution in [0.15, 0.2) is 0 Å². The van der Waals surface area contributed by atoms with E-state index in [0.717, 1.165) is 32.1 Å². The van der Waals surface area contributed by atoms with Crippen molar-refractivity contribution >= 4 is 11.6 Å². The zero-order valence-electron chi connectivity index (χ0n) is 13.2. The number of rotatable bonds is 3. The van der Waals surface area contributed by atoms with Gasteiger partial charge in [0.1, 0.15) is 11.6 Å². The number of aliphatic hydroxyl groups excluding tert-OH is 1. The predicted molar refractivity (Wildman–Crippen MR) is 81.1 cm³/mol. The summed E-state index contributed by atoms with van der Waals surface area (Å²) in [6, 6.07) is -0.473. The van der Waals surface area contributed by atoms with E-state index >= 15 is 0 Å². The first-order valence-corrected chi connectivity index (χ1v) is 8.69. The molecule has 124 valence electrons. The number of fused-ring (bicyclic) bond motifs is 2. The lowest BCUT2D eigenvalue weighted by Gasteiger charge is -2.49. The number of ether oxygens (including phenoxy) is 1. The van der Waals surface area contributed by atoms with Gasteiger partial charge in [-0.3, -0.25) is 9.59 Å². The highest BCUT2D eigenvalue weighted by Crippen LogP contribution is 2.46. The summed E-state index contributed by atoms with van der Waals surface area (Å²) in [5.41, 5.74) is 6.30. The van der Waals surface area contributed by atoms with Gasteiger partial charge < -0.3 is 15.6 Å². The van der Waals surface area contributed by atoms with Crippen LogP contribution in [0.1, 0.15) is 45.4 Å². The Morgan fingerprint density at radius 1 is 1.14 bits per heavy atom. The molecular weight excluding hydrogens is 282 g/mol. The Morgan fingerprint density at radius 2 is 1.73 bits per heavy atom. The summed E-state index contributed by atoms with van der Waals surface area (Å²) in [6.45, 7) is 2.58. The van der Waals surface area contributed by atoms with Crippen molar-refractivity contribution in [2.24, 2.45) is 29.4 Å². The van der Waals surface area contributed by atoms with Crippen molar-refractivity contribution in [2.45, 2.75) is 63.7 Å². The van der Waals surface area contributed by atoms with Crippen molar-refractivity contribution in [3.63, 3.8) is 0 Å². The van der Waals surface area contributed by atoms with Gasteiger partial charge in [0.25, 0.3) is 0 Å². The molecule has 3 aliphatic carbocycles. The SMILES string of the molecule is CCCOC1CC(O)C2C(=O)C3CCCCC3C(=O)C2C1N. The van der Waals surface area contributed by atoms with E-state index in [1.54, 1.807) is 0 Å². The third kappa shape index (κ3) is 2.53. The van der Waals surface area contributed by atoms with Crippen molar-refractivity contribution in [3.05, 3.63) is 0 Å². The van der Waals surface area contributed by atoms with E-state index in [1.807, 2.05) is 6.92 Å². The van der Waals surface area contributed by atoms with Gasteiger partial charge in [0.05, 0.1) is 18.1 Å². The summed E-state index contributed by atoms with van der Waals surface area (Å²) < 4.78 is 5.73. The third-order valence-electron chi connectivity index (χ3n) is 5.81. The number of carbonyl (C=O) groups excluding carboxylic acids is 2. The molecule has 0 radical (unpaired) electrons. The van der Waals surface area contributed by atoms with E-state index < -0.39 is 24.0 Å². The van der Waals surface area contributed by atoms with E-state index in [0.29, 0.717) is 13.0 Å². The number of ketones is 2. The Kier molecular flexibility index (Phi) is 4.67. The molecule has 3 aliphatic rings. The minimum Gasteiger partial charge on any atom is -0.392 e. The highest BCUT2D eigenvalue weighted by Gasteiger charge is 2.57. The molecule has 0 amide bonds. The molecule has 3 fully saturated rings. The maximum Gasteiger partial charge on any atom is 0.143 e. The molecule has 0 aromatic heterocycles. The Labute approximate surface area is 131 Å². The lowest BCUT2D eigenvalue weighted by atomic mass is 9.56. The molecule has 5 nitrogen and oxygen atoms in total. The van der Waals surface area contributed by atoms with Crippen LogP contribution >= 0.6 is 0 Å². The number of hydrogen-bond donors (Lipinski definition) is 2. The summed E-state index contributed by atoms with van der Waals surface area (Å²) in [5, 5.41) is 10.5. The second-order valence-electron chi connectivity index (χ2n) is 7.14. The van der Waals surface area contributed by atoms with Crippen LogP contribution in [0, 0.1) is 23.7 Å². The molecule has 0 aromatic rings. The van der Waals surface area contributed by atoms with Gasteiger partial charge in [-0.1, -0.05) is 19.8 Å². The zero-order chi connectivity index (χ0) is 15.9. The van der Waals surface area contributed by atoms with Crippen molar-refractivity contribution in [1.29, 1.82) is 0 Å². The normalized spacial score (nSPS) is 45.3. The van der Waals surface area contributed by atoms with Gasteiger partial charge in [-0.15, -0.1) is 0 Å². The Hall–Kier alpha value is -0.780. The largest absolute Gasteiger partial charge is 0.392 e. The molecular formula is C17H27NO4. The number of carbonyl (C=O) groups is 2. The minimum atomic E-state index is -0.800. The summed E-state index contributed by atoms with van der Waals surface area (Å²) in [7, 11) is 0. The Bertz CT molecular complexity index is 452. The number of hydrogen-bond acceptors (Lipinski definition) is 5. The molecule has 0 aromatic carbocycles. The fourth-order valence-electron chi connectivity index (χ4n) is 4.74. The second-order valence-corrected chi connectivity index (χ2v) is 7.14. The molecule has 0 bridgehead atoms. The van der Waals surface area contributed by atoms with Crippen molar-refractivity contribution < 1.29 is 19.4 Å². The van der Waals surface area contributed by atoms with Gasteiger partial charge in [-0.2, -0.15) is 0 Å². The van der Waals surface area contributed by atoms with Crippen LogP contribution in [0.2, 0.25) is 0 Å². The first-order chi connectivity index (χ1) is 10.6. The molecule has 3 N–H and O–H groups in total.